The van der Waals surface area contributed by atoms with Gasteiger partial charge in [0.15, 0.2) is 0 Å². The fraction of sp³-hybridized carbons (Fsp3) is 0.333. The second-order valence-corrected chi connectivity index (χ2v) is 14.7. The summed E-state index contributed by atoms with van der Waals surface area (Å²) in [6.45, 7) is 7.46. The van der Waals surface area contributed by atoms with Gasteiger partial charge in [-0.25, -0.2) is 8.42 Å². The minimum Gasteiger partial charge on any atom is -0.352 e. The van der Waals surface area contributed by atoms with Gasteiger partial charge < -0.3 is 10.2 Å². The van der Waals surface area contributed by atoms with E-state index in [1.54, 1.807) is 41.3 Å². The number of carbonyl (C=O) groups is 2. The molecule has 0 saturated heterocycles. The maximum atomic E-state index is 14.7. The number of anilines is 1. The SMILES string of the molecule is Cc1ccc(CN(C(=O)CN(c2ccc(C)c(C)c2)S(=O)(=O)c2ccc(C)cc2)C(Cc2ccccc2)C(=O)NC2CCCC2)cc1. The molecule has 246 valence electrons. The van der Waals surface area contributed by atoms with Crippen LogP contribution in [0.3, 0.4) is 0 Å². The molecule has 8 heteroatoms. The smallest absolute Gasteiger partial charge is 0.264 e. The standard InChI is InChI=1S/C39H45N3O4S/c1-28-14-19-33(20-15-28)26-41(37(25-32-10-6-5-7-11-32)39(44)40-34-12-8-9-13-34)38(43)27-42(35-21-18-30(3)31(4)24-35)47(45,46)36-22-16-29(2)17-23-36/h5-7,10-11,14-24,34,37H,8-9,12-13,25-27H2,1-4H3,(H,40,44). The third-order valence-corrected chi connectivity index (χ3v) is 10.9. The maximum Gasteiger partial charge on any atom is 0.264 e. The molecule has 1 atom stereocenters. The van der Waals surface area contributed by atoms with Crippen molar-refractivity contribution in [1.82, 2.24) is 10.2 Å². The summed E-state index contributed by atoms with van der Waals surface area (Å²) in [6, 6.07) is 28.8. The first kappa shape index (κ1) is 33.9. The van der Waals surface area contributed by atoms with Crippen LogP contribution in [-0.2, 0) is 32.6 Å². The van der Waals surface area contributed by atoms with Crippen molar-refractivity contribution in [1.29, 1.82) is 0 Å². The molecule has 1 unspecified atom stereocenters. The number of benzene rings is 4. The molecule has 1 fully saturated rings. The van der Waals surface area contributed by atoms with Gasteiger partial charge in [0.2, 0.25) is 11.8 Å². The summed E-state index contributed by atoms with van der Waals surface area (Å²) in [5.41, 5.74) is 6.10. The second kappa shape index (κ2) is 15.0. The van der Waals surface area contributed by atoms with Crippen molar-refractivity contribution in [3.8, 4) is 0 Å². The van der Waals surface area contributed by atoms with Crippen LogP contribution in [0, 0.1) is 27.7 Å². The van der Waals surface area contributed by atoms with Crippen molar-refractivity contribution in [2.75, 3.05) is 10.8 Å². The van der Waals surface area contributed by atoms with E-state index < -0.39 is 28.5 Å². The fourth-order valence-electron chi connectivity index (χ4n) is 6.06. The Morgan fingerprint density at radius 2 is 1.38 bits per heavy atom. The number of nitrogens with zero attached hydrogens (tertiary/aromatic N) is 2. The summed E-state index contributed by atoms with van der Waals surface area (Å²) < 4.78 is 29.8. The van der Waals surface area contributed by atoms with Crippen molar-refractivity contribution in [3.63, 3.8) is 0 Å². The molecule has 5 rings (SSSR count). The number of aryl methyl sites for hydroxylation is 4. The molecule has 1 aliphatic rings. The van der Waals surface area contributed by atoms with E-state index in [0.717, 1.165) is 59.1 Å². The Morgan fingerprint density at radius 1 is 0.766 bits per heavy atom. The average Bonchev–Trinajstić information content (AvgIpc) is 3.57. The Hall–Kier alpha value is -4.43. The van der Waals surface area contributed by atoms with Crippen LogP contribution in [0.2, 0.25) is 0 Å². The normalized spacial score (nSPS) is 14.0. The summed E-state index contributed by atoms with van der Waals surface area (Å²) in [7, 11) is -4.15. The molecule has 4 aromatic carbocycles. The monoisotopic (exact) mass is 651 g/mol. The van der Waals surface area contributed by atoms with Gasteiger partial charge in [-0.05, 0) is 87.1 Å². The predicted molar refractivity (Wildman–Crippen MR) is 188 cm³/mol. The highest BCUT2D eigenvalue weighted by Gasteiger charge is 2.35. The Bertz CT molecular complexity index is 1780. The van der Waals surface area contributed by atoms with E-state index in [9.17, 15) is 18.0 Å². The largest absolute Gasteiger partial charge is 0.352 e. The summed E-state index contributed by atoms with van der Waals surface area (Å²) >= 11 is 0. The lowest BCUT2D eigenvalue weighted by Gasteiger charge is -2.34. The molecule has 0 bridgehead atoms. The lowest BCUT2D eigenvalue weighted by atomic mass is 10.0. The number of sulfonamides is 1. The van der Waals surface area contributed by atoms with Gasteiger partial charge in [-0.1, -0.05) is 96.8 Å². The highest BCUT2D eigenvalue weighted by molar-refractivity contribution is 7.92. The van der Waals surface area contributed by atoms with Crippen LogP contribution in [0.1, 0.15) is 59.1 Å². The van der Waals surface area contributed by atoms with Crippen LogP contribution in [0.15, 0.2) is 102 Å². The summed E-state index contributed by atoms with van der Waals surface area (Å²) in [6.07, 6.45) is 4.23. The van der Waals surface area contributed by atoms with Crippen LogP contribution in [0.4, 0.5) is 5.69 Å². The number of carbonyl (C=O) groups excluding carboxylic acids is 2. The van der Waals surface area contributed by atoms with Crippen molar-refractivity contribution >= 4 is 27.5 Å². The minimum atomic E-state index is -4.15. The zero-order valence-corrected chi connectivity index (χ0v) is 28.6. The van der Waals surface area contributed by atoms with Gasteiger partial charge in [0.05, 0.1) is 10.6 Å². The summed E-state index contributed by atoms with van der Waals surface area (Å²) in [4.78, 5) is 30.5. The van der Waals surface area contributed by atoms with Crippen LogP contribution >= 0.6 is 0 Å². The molecule has 4 aromatic rings. The van der Waals surface area contributed by atoms with E-state index in [2.05, 4.69) is 5.32 Å². The van der Waals surface area contributed by atoms with Gasteiger partial charge in [-0.2, -0.15) is 0 Å². The third-order valence-electron chi connectivity index (χ3n) is 9.11. The molecular formula is C39H45N3O4S. The van der Waals surface area contributed by atoms with Crippen molar-refractivity contribution < 1.29 is 18.0 Å². The van der Waals surface area contributed by atoms with Gasteiger partial charge in [-0.15, -0.1) is 0 Å². The number of nitrogens with one attached hydrogen (secondary N) is 1. The van der Waals surface area contributed by atoms with Crippen molar-refractivity contribution in [2.24, 2.45) is 0 Å². The Kier molecular flexibility index (Phi) is 10.8. The summed E-state index contributed by atoms with van der Waals surface area (Å²) in [5, 5.41) is 3.22. The Labute approximate surface area is 279 Å². The summed E-state index contributed by atoms with van der Waals surface area (Å²) in [5.74, 6) is -0.678. The maximum absolute atomic E-state index is 14.7. The highest BCUT2D eigenvalue weighted by atomic mass is 32.2. The fourth-order valence-corrected chi connectivity index (χ4v) is 7.46. The van der Waals surface area contributed by atoms with E-state index in [-0.39, 0.29) is 23.4 Å². The topological polar surface area (TPSA) is 86.8 Å². The number of amides is 2. The molecular weight excluding hydrogens is 607 g/mol. The first-order chi connectivity index (χ1) is 22.5. The zero-order chi connectivity index (χ0) is 33.6. The Balaban J connectivity index is 1.57. The molecule has 0 radical (unpaired) electrons. The van der Waals surface area contributed by atoms with Gasteiger partial charge >= 0.3 is 0 Å². The molecule has 1 aliphatic carbocycles. The number of hydrogen-bond donors (Lipinski definition) is 1. The quantitative estimate of drug-likeness (QED) is 0.182. The third kappa shape index (κ3) is 8.49. The molecule has 1 N–H and O–H groups in total. The van der Waals surface area contributed by atoms with Crippen LogP contribution in [-0.4, -0.2) is 43.8 Å². The van der Waals surface area contributed by atoms with Gasteiger partial charge in [-0.3, -0.25) is 13.9 Å². The van der Waals surface area contributed by atoms with Crippen LogP contribution in [0.5, 0.6) is 0 Å². The first-order valence-electron chi connectivity index (χ1n) is 16.4. The first-order valence-corrected chi connectivity index (χ1v) is 17.8. The van der Waals surface area contributed by atoms with Crippen molar-refractivity contribution in [3.05, 3.63) is 130 Å². The lowest BCUT2D eigenvalue weighted by molar-refractivity contribution is -0.140. The lowest BCUT2D eigenvalue weighted by Crippen LogP contribution is -2.54. The predicted octanol–water partition coefficient (Wildman–Crippen LogP) is 6.81. The van der Waals surface area contributed by atoms with Crippen LogP contribution < -0.4 is 9.62 Å². The van der Waals surface area contributed by atoms with Crippen molar-refractivity contribution in [2.45, 2.75) is 83.3 Å². The van der Waals surface area contributed by atoms with Gasteiger partial charge in [0.1, 0.15) is 12.6 Å². The van der Waals surface area contributed by atoms with E-state index in [0.29, 0.717) is 12.1 Å². The molecule has 0 spiro atoms. The zero-order valence-electron chi connectivity index (χ0n) is 27.8. The van der Waals surface area contributed by atoms with E-state index in [1.165, 1.54) is 4.31 Å². The molecule has 0 aromatic heterocycles. The van der Waals surface area contributed by atoms with E-state index in [4.69, 9.17) is 0 Å². The number of rotatable bonds is 12. The molecule has 0 heterocycles. The molecule has 2 amide bonds. The highest BCUT2D eigenvalue weighted by Crippen LogP contribution is 2.27. The van der Waals surface area contributed by atoms with Crippen LogP contribution in [0.25, 0.3) is 0 Å². The van der Waals surface area contributed by atoms with Gasteiger partial charge in [0, 0.05) is 19.0 Å². The molecule has 1 saturated carbocycles. The second-order valence-electron chi connectivity index (χ2n) is 12.8. The van der Waals surface area contributed by atoms with E-state index in [1.807, 2.05) is 88.4 Å². The van der Waals surface area contributed by atoms with Gasteiger partial charge in [0.25, 0.3) is 10.0 Å². The average molecular weight is 652 g/mol. The Morgan fingerprint density at radius 3 is 2.00 bits per heavy atom. The number of hydrogen-bond acceptors (Lipinski definition) is 4. The molecule has 7 nitrogen and oxygen atoms in total. The van der Waals surface area contributed by atoms with E-state index >= 15 is 0 Å². The molecule has 47 heavy (non-hydrogen) atoms. The minimum absolute atomic E-state index is 0.0612. The molecule has 0 aliphatic heterocycles.